The zero-order valence-electron chi connectivity index (χ0n) is 11.2. The van der Waals surface area contributed by atoms with Crippen LogP contribution in [0.3, 0.4) is 0 Å². The molecule has 0 saturated heterocycles. The normalized spacial score (nSPS) is 14.3. The number of hydrogen-bond donors (Lipinski definition) is 1. The first kappa shape index (κ1) is 13.7. The van der Waals surface area contributed by atoms with Crippen molar-refractivity contribution < 1.29 is 4.21 Å². The Hall–Kier alpha value is -1.76. The number of nitrogens with zero attached hydrogens (tertiary/aromatic N) is 4. The van der Waals surface area contributed by atoms with Crippen LogP contribution < -0.4 is 5.73 Å². The molecule has 0 amide bonds. The number of nitrogen functional groups attached to an aromatic ring is 1. The number of rotatable bonds is 4. The molecule has 2 N–H and O–H groups in total. The van der Waals surface area contributed by atoms with E-state index in [1.807, 2.05) is 32.0 Å². The first-order valence-electron chi connectivity index (χ1n) is 5.94. The van der Waals surface area contributed by atoms with Crippen LogP contribution in [0.5, 0.6) is 0 Å². The number of anilines is 1. The summed E-state index contributed by atoms with van der Waals surface area (Å²) >= 11 is 0. The summed E-state index contributed by atoms with van der Waals surface area (Å²) in [5, 5.41) is 11.7. The van der Waals surface area contributed by atoms with Crippen LogP contribution in [0.4, 0.5) is 5.69 Å². The van der Waals surface area contributed by atoms with Gasteiger partial charge in [-0.3, -0.25) is 4.21 Å². The molecular weight excluding hydrogens is 262 g/mol. The summed E-state index contributed by atoms with van der Waals surface area (Å²) in [5.41, 5.74) is 8.49. The minimum atomic E-state index is -0.918. The molecule has 19 heavy (non-hydrogen) atoms. The lowest BCUT2D eigenvalue weighted by molar-refractivity contribution is 0.579. The molecule has 0 spiro atoms. The minimum Gasteiger partial charge on any atom is -0.398 e. The van der Waals surface area contributed by atoms with E-state index in [0.29, 0.717) is 18.1 Å². The van der Waals surface area contributed by atoms with Crippen molar-refractivity contribution in [3.05, 3.63) is 23.8 Å². The van der Waals surface area contributed by atoms with Crippen molar-refractivity contribution in [2.45, 2.75) is 25.6 Å². The number of nitrogens with two attached hydrogens (primary N) is 1. The molecule has 0 saturated carbocycles. The van der Waals surface area contributed by atoms with E-state index in [-0.39, 0.29) is 5.25 Å². The van der Waals surface area contributed by atoms with Gasteiger partial charge in [-0.1, -0.05) is 12.1 Å². The number of aryl methyl sites for hydroxylation is 1. The fourth-order valence-electron chi connectivity index (χ4n) is 1.85. The van der Waals surface area contributed by atoms with E-state index in [4.69, 9.17) is 5.73 Å². The van der Waals surface area contributed by atoms with Crippen molar-refractivity contribution in [3.63, 3.8) is 0 Å². The Morgan fingerprint density at radius 3 is 2.84 bits per heavy atom. The smallest absolute Gasteiger partial charge is 0.184 e. The van der Waals surface area contributed by atoms with E-state index in [0.717, 1.165) is 11.1 Å². The fraction of sp³-hybridized carbons (Fsp3) is 0.417. The van der Waals surface area contributed by atoms with Crippen LogP contribution in [0.25, 0.3) is 11.4 Å². The van der Waals surface area contributed by atoms with Crippen LogP contribution in [-0.4, -0.2) is 35.9 Å². The maximum Gasteiger partial charge on any atom is 0.184 e. The molecule has 0 aliphatic rings. The molecule has 2 unspecified atom stereocenters. The summed E-state index contributed by atoms with van der Waals surface area (Å²) in [6.07, 6.45) is 1.68. The summed E-state index contributed by atoms with van der Waals surface area (Å²) in [5.74, 6) is 0.618. The SMILES string of the molecule is Cc1cccc(N)c1-c1nnnn1CC(C)S(C)=O. The van der Waals surface area contributed by atoms with Crippen LogP contribution in [0.2, 0.25) is 0 Å². The third-order valence-corrected chi connectivity index (χ3v) is 4.34. The standard InChI is InChI=1S/C12H17N5OS/c1-8-5-4-6-10(13)11(8)12-14-15-16-17(12)7-9(2)19(3)18/h4-6,9H,7,13H2,1-3H3. The Kier molecular flexibility index (Phi) is 3.94. The summed E-state index contributed by atoms with van der Waals surface area (Å²) < 4.78 is 13.1. The molecule has 2 aromatic rings. The molecule has 7 heteroatoms. The maximum absolute atomic E-state index is 11.5. The summed E-state index contributed by atoms with van der Waals surface area (Å²) in [7, 11) is -0.918. The number of aromatic nitrogens is 4. The van der Waals surface area contributed by atoms with Crippen molar-refractivity contribution in [3.8, 4) is 11.4 Å². The minimum absolute atomic E-state index is 0.0208. The molecule has 6 nitrogen and oxygen atoms in total. The number of hydrogen-bond acceptors (Lipinski definition) is 5. The van der Waals surface area contributed by atoms with E-state index in [1.54, 1.807) is 10.9 Å². The summed E-state index contributed by atoms with van der Waals surface area (Å²) in [6.45, 7) is 4.37. The predicted octanol–water partition coefficient (Wildman–Crippen LogP) is 0.998. The van der Waals surface area contributed by atoms with Crippen LogP contribution in [-0.2, 0) is 17.3 Å². The maximum atomic E-state index is 11.5. The predicted molar refractivity (Wildman–Crippen MR) is 75.9 cm³/mol. The van der Waals surface area contributed by atoms with Crippen LogP contribution >= 0.6 is 0 Å². The fourth-order valence-corrected chi connectivity index (χ4v) is 2.20. The lowest BCUT2D eigenvalue weighted by Gasteiger charge is -2.12. The molecule has 102 valence electrons. The number of tetrazole rings is 1. The Labute approximate surface area is 114 Å². The van der Waals surface area contributed by atoms with Gasteiger partial charge in [0.15, 0.2) is 5.82 Å². The van der Waals surface area contributed by atoms with Crippen molar-refractivity contribution in [1.82, 2.24) is 20.2 Å². The molecule has 0 aliphatic heterocycles. The van der Waals surface area contributed by atoms with Gasteiger partial charge in [0.05, 0.1) is 11.8 Å². The highest BCUT2D eigenvalue weighted by Crippen LogP contribution is 2.27. The first-order valence-corrected chi connectivity index (χ1v) is 7.56. The van der Waals surface area contributed by atoms with Gasteiger partial charge in [-0.15, -0.1) is 5.10 Å². The van der Waals surface area contributed by atoms with Gasteiger partial charge < -0.3 is 5.73 Å². The molecule has 0 aliphatic carbocycles. The zero-order chi connectivity index (χ0) is 14.0. The molecule has 2 rings (SSSR count). The molecule has 1 aromatic carbocycles. The van der Waals surface area contributed by atoms with Crippen LogP contribution in [0.1, 0.15) is 12.5 Å². The zero-order valence-corrected chi connectivity index (χ0v) is 12.0. The second kappa shape index (κ2) is 5.48. The van der Waals surface area contributed by atoms with Crippen LogP contribution in [0.15, 0.2) is 18.2 Å². The highest BCUT2D eigenvalue weighted by molar-refractivity contribution is 7.84. The second-order valence-electron chi connectivity index (χ2n) is 4.53. The largest absolute Gasteiger partial charge is 0.398 e. The van der Waals surface area contributed by atoms with E-state index in [9.17, 15) is 4.21 Å². The Bertz CT molecular complexity index is 590. The molecule has 0 radical (unpaired) electrons. The lowest BCUT2D eigenvalue weighted by atomic mass is 10.1. The van der Waals surface area contributed by atoms with Crippen molar-refractivity contribution in [2.75, 3.05) is 12.0 Å². The average Bonchev–Trinajstić information content (AvgIpc) is 2.77. The van der Waals surface area contributed by atoms with Crippen molar-refractivity contribution in [1.29, 1.82) is 0 Å². The van der Waals surface area contributed by atoms with Gasteiger partial charge in [-0.2, -0.15) is 0 Å². The molecule has 2 atom stereocenters. The van der Waals surface area contributed by atoms with Crippen molar-refractivity contribution in [2.24, 2.45) is 0 Å². The third kappa shape index (κ3) is 2.81. The Balaban J connectivity index is 2.42. The lowest BCUT2D eigenvalue weighted by Crippen LogP contribution is -2.19. The van der Waals surface area contributed by atoms with Gasteiger partial charge >= 0.3 is 0 Å². The molecule has 0 fully saturated rings. The van der Waals surface area contributed by atoms with Crippen molar-refractivity contribution >= 4 is 16.5 Å². The molecule has 1 aromatic heterocycles. The average molecular weight is 279 g/mol. The van der Waals surface area contributed by atoms with Crippen LogP contribution in [0, 0.1) is 6.92 Å². The summed E-state index contributed by atoms with van der Waals surface area (Å²) in [4.78, 5) is 0. The number of benzene rings is 1. The van der Waals surface area contributed by atoms with E-state index >= 15 is 0 Å². The molecular formula is C12H17N5OS. The second-order valence-corrected chi connectivity index (χ2v) is 6.33. The monoisotopic (exact) mass is 279 g/mol. The van der Waals surface area contributed by atoms with Gasteiger partial charge in [0, 0.05) is 28.3 Å². The highest BCUT2D eigenvalue weighted by atomic mass is 32.2. The van der Waals surface area contributed by atoms with Gasteiger partial charge in [-0.25, -0.2) is 4.68 Å². The quantitative estimate of drug-likeness (QED) is 0.844. The highest BCUT2D eigenvalue weighted by Gasteiger charge is 2.17. The third-order valence-electron chi connectivity index (χ3n) is 3.06. The Morgan fingerprint density at radius 2 is 2.21 bits per heavy atom. The van der Waals surface area contributed by atoms with Gasteiger partial charge in [-0.05, 0) is 35.9 Å². The first-order chi connectivity index (χ1) is 9.00. The van der Waals surface area contributed by atoms with Gasteiger partial charge in [0.1, 0.15) is 0 Å². The molecule has 1 heterocycles. The van der Waals surface area contributed by atoms with Gasteiger partial charge in [0.25, 0.3) is 0 Å². The van der Waals surface area contributed by atoms with E-state index in [1.165, 1.54) is 0 Å². The summed E-state index contributed by atoms with van der Waals surface area (Å²) in [6, 6.07) is 5.68. The molecule has 0 bridgehead atoms. The van der Waals surface area contributed by atoms with E-state index < -0.39 is 10.8 Å². The Morgan fingerprint density at radius 1 is 1.47 bits per heavy atom. The topological polar surface area (TPSA) is 86.7 Å². The van der Waals surface area contributed by atoms with Gasteiger partial charge in [0.2, 0.25) is 0 Å². The van der Waals surface area contributed by atoms with E-state index in [2.05, 4.69) is 15.5 Å².